The minimum absolute atomic E-state index is 0.130. The summed E-state index contributed by atoms with van der Waals surface area (Å²) in [5.41, 5.74) is 2.44. The molecule has 0 aliphatic heterocycles. The normalized spacial score (nSPS) is 10.3. The van der Waals surface area contributed by atoms with Gasteiger partial charge in [-0.2, -0.15) is 0 Å². The van der Waals surface area contributed by atoms with Crippen molar-refractivity contribution in [3.8, 4) is 17.4 Å². The molecule has 3 rings (SSSR count). The summed E-state index contributed by atoms with van der Waals surface area (Å²) in [6, 6.07) is 18.7. The maximum absolute atomic E-state index is 12.9. The van der Waals surface area contributed by atoms with Crippen LogP contribution in [0.5, 0.6) is 17.4 Å². The molecule has 0 N–H and O–H groups in total. The lowest BCUT2D eigenvalue weighted by Crippen LogP contribution is -2.26. The fourth-order valence-electron chi connectivity index (χ4n) is 2.88. The Bertz CT molecular complexity index is 960. The van der Waals surface area contributed by atoms with Crippen LogP contribution in [0.1, 0.15) is 21.5 Å². The van der Waals surface area contributed by atoms with E-state index in [0.717, 1.165) is 11.1 Å². The summed E-state index contributed by atoms with van der Waals surface area (Å²) in [6.07, 6.45) is 1.58. The van der Waals surface area contributed by atoms with Gasteiger partial charge in [-0.05, 0) is 23.8 Å². The quantitative estimate of drug-likeness (QED) is 0.581. The number of aromatic nitrogens is 1. The molecule has 0 bridgehead atoms. The van der Waals surface area contributed by atoms with Crippen molar-refractivity contribution in [1.29, 1.82) is 0 Å². The van der Waals surface area contributed by atoms with Crippen LogP contribution in [0.25, 0.3) is 0 Å². The molecule has 1 heterocycles. The minimum atomic E-state index is -0.130. The van der Waals surface area contributed by atoms with E-state index in [4.69, 9.17) is 14.2 Å². The summed E-state index contributed by atoms with van der Waals surface area (Å²) in [6.45, 7) is 0.791. The molecule has 0 saturated carbocycles. The van der Waals surface area contributed by atoms with Crippen molar-refractivity contribution in [2.45, 2.75) is 13.2 Å². The molecule has 2 aromatic carbocycles. The Morgan fingerprint density at radius 2 is 1.79 bits per heavy atom. The molecule has 3 aromatic rings. The fourth-order valence-corrected chi connectivity index (χ4v) is 2.88. The molecule has 6 nitrogen and oxygen atoms in total. The Morgan fingerprint density at radius 3 is 2.52 bits per heavy atom. The molecule has 0 atom stereocenters. The maximum Gasteiger partial charge on any atom is 0.254 e. The molecule has 29 heavy (non-hydrogen) atoms. The van der Waals surface area contributed by atoms with Crippen molar-refractivity contribution >= 4 is 5.91 Å². The lowest BCUT2D eigenvalue weighted by Gasteiger charge is -2.19. The SMILES string of the molecule is COc1ccc(CN(C)C(=O)c2ccnc(OCc3ccccc3)c2)c(OC)c1. The number of benzene rings is 2. The van der Waals surface area contributed by atoms with Gasteiger partial charge in [-0.25, -0.2) is 4.98 Å². The van der Waals surface area contributed by atoms with Gasteiger partial charge >= 0.3 is 0 Å². The Labute approximate surface area is 170 Å². The highest BCUT2D eigenvalue weighted by Gasteiger charge is 2.16. The number of carbonyl (C=O) groups excluding carboxylic acids is 1. The summed E-state index contributed by atoms with van der Waals surface area (Å²) in [5.74, 6) is 1.66. The second-order valence-corrected chi connectivity index (χ2v) is 6.50. The van der Waals surface area contributed by atoms with E-state index in [0.29, 0.717) is 36.1 Å². The first-order chi connectivity index (χ1) is 14.1. The Kier molecular flexibility index (Phi) is 6.68. The molecule has 0 aliphatic rings. The molecule has 1 aromatic heterocycles. The van der Waals surface area contributed by atoms with Crippen LogP contribution < -0.4 is 14.2 Å². The smallest absolute Gasteiger partial charge is 0.254 e. The van der Waals surface area contributed by atoms with Crippen LogP contribution in [0, 0.1) is 0 Å². The van der Waals surface area contributed by atoms with Crippen LogP contribution in [0.4, 0.5) is 0 Å². The van der Waals surface area contributed by atoms with Crippen LogP contribution in [-0.4, -0.2) is 37.1 Å². The molecule has 0 saturated heterocycles. The number of methoxy groups -OCH3 is 2. The number of rotatable bonds is 8. The molecule has 0 radical (unpaired) electrons. The van der Waals surface area contributed by atoms with E-state index in [1.807, 2.05) is 42.5 Å². The first kappa shape index (κ1) is 20.2. The Morgan fingerprint density at radius 1 is 1.00 bits per heavy atom. The number of pyridine rings is 1. The lowest BCUT2D eigenvalue weighted by atomic mass is 10.1. The average Bonchev–Trinajstić information content (AvgIpc) is 2.78. The van der Waals surface area contributed by atoms with Gasteiger partial charge in [0.1, 0.15) is 18.1 Å². The van der Waals surface area contributed by atoms with Crippen molar-refractivity contribution in [3.05, 3.63) is 83.6 Å². The molecule has 150 valence electrons. The summed E-state index contributed by atoms with van der Waals surface area (Å²) in [4.78, 5) is 18.7. The second-order valence-electron chi connectivity index (χ2n) is 6.50. The van der Waals surface area contributed by atoms with Gasteiger partial charge in [0.25, 0.3) is 5.91 Å². The zero-order valence-electron chi connectivity index (χ0n) is 16.8. The van der Waals surface area contributed by atoms with Crippen LogP contribution in [0.15, 0.2) is 66.9 Å². The van der Waals surface area contributed by atoms with Crippen molar-refractivity contribution in [2.75, 3.05) is 21.3 Å². The van der Waals surface area contributed by atoms with E-state index in [1.165, 1.54) is 0 Å². The molecule has 0 fully saturated rings. The number of carbonyl (C=O) groups is 1. The predicted octanol–water partition coefficient (Wildman–Crippen LogP) is 3.95. The number of amides is 1. The Balaban J connectivity index is 1.68. The van der Waals surface area contributed by atoms with Crippen molar-refractivity contribution < 1.29 is 19.0 Å². The van der Waals surface area contributed by atoms with Gasteiger partial charge in [0.2, 0.25) is 5.88 Å². The molecular weight excluding hydrogens is 368 g/mol. The third-order valence-corrected chi connectivity index (χ3v) is 4.46. The molecule has 1 amide bonds. The van der Waals surface area contributed by atoms with E-state index in [2.05, 4.69) is 4.98 Å². The predicted molar refractivity (Wildman–Crippen MR) is 110 cm³/mol. The third kappa shape index (κ3) is 5.25. The average molecular weight is 392 g/mol. The van der Waals surface area contributed by atoms with E-state index >= 15 is 0 Å². The van der Waals surface area contributed by atoms with Crippen LogP contribution in [0.2, 0.25) is 0 Å². The van der Waals surface area contributed by atoms with Crippen molar-refractivity contribution in [2.24, 2.45) is 0 Å². The van der Waals surface area contributed by atoms with Crippen LogP contribution in [-0.2, 0) is 13.2 Å². The first-order valence-corrected chi connectivity index (χ1v) is 9.20. The molecule has 6 heteroatoms. The number of nitrogens with zero attached hydrogens (tertiary/aromatic N) is 2. The van der Waals surface area contributed by atoms with E-state index in [-0.39, 0.29) is 5.91 Å². The highest BCUT2D eigenvalue weighted by atomic mass is 16.5. The highest BCUT2D eigenvalue weighted by Crippen LogP contribution is 2.26. The number of hydrogen-bond acceptors (Lipinski definition) is 5. The summed E-state index contributed by atoms with van der Waals surface area (Å²) < 4.78 is 16.4. The van der Waals surface area contributed by atoms with E-state index < -0.39 is 0 Å². The van der Waals surface area contributed by atoms with Gasteiger partial charge in [-0.1, -0.05) is 30.3 Å². The monoisotopic (exact) mass is 392 g/mol. The number of ether oxygens (including phenoxy) is 3. The zero-order valence-corrected chi connectivity index (χ0v) is 16.8. The lowest BCUT2D eigenvalue weighted by molar-refractivity contribution is 0.0783. The van der Waals surface area contributed by atoms with Gasteiger partial charge in [0.05, 0.1) is 14.2 Å². The zero-order chi connectivity index (χ0) is 20.6. The number of hydrogen-bond donors (Lipinski definition) is 0. The largest absolute Gasteiger partial charge is 0.497 e. The van der Waals surface area contributed by atoms with Crippen LogP contribution >= 0.6 is 0 Å². The molecule has 0 unspecified atom stereocenters. The third-order valence-electron chi connectivity index (χ3n) is 4.46. The maximum atomic E-state index is 12.9. The molecule has 0 spiro atoms. The van der Waals surface area contributed by atoms with Gasteiger partial charge in [-0.3, -0.25) is 4.79 Å². The molecule has 0 aliphatic carbocycles. The van der Waals surface area contributed by atoms with Gasteiger partial charge in [0.15, 0.2) is 0 Å². The summed E-state index contributed by atoms with van der Waals surface area (Å²) >= 11 is 0. The Hall–Kier alpha value is -3.54. The molecular formula is C23H24N2O4. The standard InChI is InChI=1S/C23H24N2O4/c1-25(15-19-9-10-20(27-2)14-21(19)28-3)23(26)18-11-12-24-22(13-18)29-16-17-7-5-4-6-8-17/h4-14H,15-16H2,1-3H3. The van der Waals surface area contributed by atoms with E-state index in [1.54, 1.807) is 50.6 Å². The summed E-state index contributed by atoms with van der Waals surface area (Å²) in [7, 11) is 4.95. The summed E-state index contributed by atoms with van der Waals surface area (Å²) in [5, 5.41) is 0. The van der Waals surface area contributed by atoms with Gasteiger partial charge in [-0.15, -0.1) is 0 Å². The van der Waals surface area contributed by atoms with Crippen molar-refractivity contribution in [1.82, 2.24) is 9.88 Å². The fraction of sp³-hybridized carbons (Fsp3) is 0.217. The van der Waals surface area contributed by atoms with Gasteiger partial charge in [0, 0.05) is 43.0 Å². The van der Waals surface area contributed by atoms with Crippen LogP contribution in [0.3, 0.4) is 0 Å². The highest BCUT2D eigenvalue weighted by molar-refractivity contribution is 5.94. The second kappa shape index (κ2) is 9.59. The minimum Gasteiger partial charge on any atom is -0.497 e. The first-order valence-electron chi connectivity index (χ1n) is 9.20. The van der Waals surface area contributed by atoms with Crippen molar-refractivity contribution in [3.63, 3.8) is 0 Å². The van der Waals surface area contributed by atoms with E-state index in [9.17, 15) is 4.79 Å². The topological polar surface area (TPSA) is 60.9 Å². The van der Waals surface area contributed by atoms with Gasteiger partial charge < -0.3 is 19.1 Å².